The van der Waals surface area contributed by atoms with Crippen LogP contribution in [0.2, 0.25) is 0 Å². The molecule has 12 heteroatoms. The van der Waals surface area contributed by atoms with Gasteiger partial charge in [-0.3, -0.25) is 23.7 Å². The van der Waals surface area contributed by atoms with Crippen LogP contribution in [0.5, 0.6) is 0 Å². The lowest BCUT2D eigenvalue weighted by Crippen LogP contribution is -2.28. The van der Waals surface area contributed by atoms with Gasteiger partial charge in [0.15, 0.2) is 5.13 Å². The smallest absolute Gasteiger partial charge is 0.311 e. The first-order valence-corrected chi connectivity index (χ1v) is 13.1. The van der Waals surface area contributed by atoms with Crippen molar-refractivity contribution in [3.63, 3.8) is 0 Å². The highest BCUT2D eigenvalue weighted by Crippen LogP contribution is 2.28. The molecule has 0 fully saturated rings. The van der Waals surface area contributed by atoms with Crippen LogP contribution >= 0.6 is 22.7 Å². The van der Waals surface area contributed by atoms with Crippen molar-refractivity contribution in [2.24, 2.45) is 0 Å². The minimum Gasteiger partial charge on any atom is -0.466 e. The van der Waals surface area contributed by atoms with E-state index >= 15 is 0 Å². The Morgan fingerprint density at radius 3 is 2.65 bits per heavy atom. The van der Waals surface area contributed by atoms with Crippen LogP contribution in [0.25, 0.3) is 10.2 Å². The fourth-order valence-electron chi connectivity index (χ4n) is 3.74. The molecule has 0 saturated carbocycles. The number of hydrogen-bond acceptors (Lipinski definition) is 9. The number of benzene rings is 1. The molecule has 192 valence electrons. The Hall–Kier alpha value is -3.90. The van der Waals surface area contributed by atoms with Gasteiger partial charge in [0.1, 0.15) is 11.4 Å². The molecule has 2 amide bonds. The van der Waals surface area contributed by atoms with Gasteiger partial charge in [-0.15, -0.1) is 22.7 Å². The van der Waals surface area contributed by atoms with Crippen LogP contribution in [0, 0.1) is 20.8 Å². The number of ether oxygens (including phenoxy) is 1. The zero-order valence-electron chi connectivity index (χ0n) is 20.7. The van der Waals surface area contributed by atoms with Crippen molar-refractivity contribution < 1.29 is 19.1 Å². The Balaban J connectivity index is 1.49. The number of fused-ring (bicyclic) bond motifs is 1. The SMILES string of the molecule is CCOC(=O)Cc1csc(NC(=O)Cn2cnc3sc(C(=O)Nc4ccc(C)cc4C)c(C)c3c2=O)n1. The summed E-state index contributed by atoms with van der Waals surface area (Å²) in [5, 5.41) is 7.81. The van der Waals surface area contributed by atoms with Gasteiger partial charge in [0.2, 0.25) is 5.91 Å². The zero-order chi connectivity index (χ0) is 26.7. The molecular formula is C25H25N5O5S2. The van der Waals surface area contributed by atoms with Gasteiger partial charge >= 0.3 is 5.97 Å². The molecule has 3 heterocycles. The van der Waals surface area contributed by atoms with Gasteiger partial charge < -0.3 is 15.4 Å². The summed E-state index contributed by atoms with van der Waals surface area (Å²) in [6.45, 7) is 7.31. The summed E-state index contributed by atoms with van der Waals surface area (Å²) in [6, 6.07) is 5.74. The Bertz CT molecular complexity index is 1570. The maximum atomic E-state index is 13.2. The molecule has 3 aromatic heterocycles. The number of rotatable bonds is 8. The largest absolute Gasteiger partial charge is 0.466 e. The van der Waals surface area contributed by atoms with Gasteiger partial charge in [0, 0.05) is 11.1 Å². The summed E-state index contributed by atoms with van der Waals surface area (Å²) in [5.41, 5.74) is 3.31. The molecule has 37 heavy (non-hydrogen) atoms. The monoisotopic (exact) mass is 539 g/mol. The summed E-state index contributed by atoms with van der Waals surface area (Å²) in [4.78, 5) is 59.7. The van der Waals surface area contributed by atoms with E-state index < -0.39 is 17.4 Å². The van der Waals surface area contributed by atoms with Crippen molar-refractivity contribution in [2.45, 2.75) is 40.7 Å². The van der Waals surface area contributed by atoms with E-state index in [9.17, 15) is 19.2 Å². The van der Waals surface area contributed by atoms with Gasteiger partial charge in [-0.2, -0.15) is 0 Å². The van der Waals surface area contributed by atoms with Crippen LogP contribution in [-0.2, 0) is 27.3 Å². The number of nitrogens with zero attached hydrogens (tertiary/aromatic N) is 3. The lowest BCUT2D eigenvalue weighted by Gasteiger charge is -2.08. The Morgan fingerprint density at radius 2 is 1.92 bits per heavy atom. The molecular weight excluding hydrogens is 514 g/mol. The van der Waals surface area contributed by atoms with Gasteiger partial charge in [0.05, 0.1) is 35.3 Å². The average molecular weight is 540 g/mol. The van der Waals surface area contributed by atoms with Crippen molar-refractivity contribution >= 4 is 61.5 Å². The maximum Gasteiger partial charge on any atom is 0.311 e. The molecule has 0 spiro atoms. The number of thiazole rings is 1. The van der Waals surface area contributed by atoms with Crippen molar-refractivity contribution in [3.8, 4) is 0 Å². The Labute approximate surface area is 220 Å². The van der Waals surface area contributed by atoms with E-state index in [2.05, 4.69) is 20.6 Å². The average Bonchev–Trinajstić information content (AvgIpc) is 3.41. The van der Waals surface area contributed by atoms with E-state index in [1.807, 2.05) is 32.0 Å². The number of hydrogen-bond donors (Lipinski definition) is 2. The lowest BCUT2D eigenvalue weighted by molar-refractivity contribution is -0.142. The van der Waals surface area contributed by atoms with Crippen LogP contribution in [0.15, 0.2) is 34.7 Å². The summed E-state index contributed by atoms with van der Waals surface area (Å²) >= 11 is 2.30. The quantitative estimate of drug-likeness (QED) is 0.325. The van der Waals surface area contributed by atoms with Gasteiger partial charge in [-0.1, -0.05) is 17.7 Å². The fraction of sp³-hybridized carbons (Fsp3) is 0.280. The van der Waals surface area contributed by atoms with Gasteiger partial charge in [-0.05, 0) is 44.9 Å². The standard InChI is InChI=1S/C25H25N5O5S2/c1-5-35-19(32)9-16-11-36-25(27-16)29-18(31)10-30-12-26-23-20(24(30)34)15(4)21(37-23)22(33)28-17-7-6-13(2)8-14(17)3/h6-8,11-12H,5,9-10H2,1-4H3,(H,28,33)(H,27,29,31). The first-order chi connectivity index (χ1) is 17.7. The Morgan fingerprint density at radius 1 is 1.14 bits per heavy atom. The molecule has 0 aliphatic rings. The van der Waals surface area contributed by atoms with E-state index in [1.54, 1.807) is 19.2 Å². The third-order valence-electron chi connectivity index (χ3n) is 5.50. The second kappa shape index (κ2) is 11.0. The number of aromatic nitrogens is 3. The van der Waals surface area contributed by atoms with Crippen LogP contribution in [-0.4, -0.2) is 38.9 Å². The fourth-order valence-corrected chi connectivity index (χ4v) is 5.50. The highest BCUT2D eigenvalue weighted by atomic mass is 32.1. The van der Waals surface area contributed by atoms with Gasteiger partial charge in [-0.25, -0.2) is 9.97 Å². The van der Waals surface area contributed by atoms with Crippen LogP contribution in [0.3, 0.4) is 0 Å². The minimum absolute atomic E-state index is 0.0110. The molecule has 1 aromatic carbocycles. The zero-order valence-corrected chi connectivity index (χ0v) is 22.3. The molecule has 10 nitrogen and oxygen atoms in total. The second-order valence-corrected chi connectivity index (χ2v) is 10.2. The van der Waals surface area contributed by atoms with Crippen molar-refractivity contribution in [3.05, 3.63) is 67.5 Å². The lowest BCUT2D eigenvalue weighted by atomic mass is 10.1. The van der Waals surface area contributed by atoms with Crippen molar-refractivity contribution in [1.82, 2.24) is 14.5 Å². The second-order valence-electron chi connectivity index (χ2n) is 8.36. The summed E-state index contributed by atoms with van der Waals surface area (Å²) < 4.78 is 6.09. The van der Waals surface area contributed by atoms with Crippen LogP contribution in [0.1, 0.15) is 39.0 Å². The number of esters is 1. The molecule has 4 rings (SSSR count). The number of thiophene rings is 1. The third kappa shape index (κ3) is 5.92. The summed E-state index contributed by atoms with van der Waals surface area (Å²) in [6.07, 6.45) is 1.30. The topological polar surface area (TPSA) is 132 Å². The predicted molar refractivity (Wildman–Crippen MR) is 144 cm³/mol. The van der Waals surface area contributed by atoms with E-state index in [0.29, 0.717) is 37.2 Å². The highest BCUT2D eigenvalue weighted by Gasteiger charge is 2.21. The normalized spacial score (nSPS) is 10.9. The first kappa shape index (κ1) is 26.2. The number of aryl methyl sites for hydroxylation is 3. The first-order valence-electron chi connectivity index (χ1n) is 11.4. The molecule has 0 unspecified atom stereocenters. The molecule has 0 aliphatic carbocycles. The van der Waals surface area contributed by atoms with E-state index in [0.717, 1.165) is 22.5 Å². The molecule has 4 aromatic rings. The van der Waals surface area contributed by atoms with Crippen LogP contribution < -0.4 is 16.2 Å². The van der Waals surface area contributed by atoms with Crippen molar-refractivity contribution in [2.75, 3.05) is 17.2 Å². The van der Waals surface area contributed by atoms with E-state index in [1.165, 1.54) is 22.2 Å². The summed E-state index contributed by atoms with van der Waals surface area (Å²) in [5.74, 6) is -1.19. The summed E-state index contributed by atoms with van der Waals surface area (Å²) in [7, 11) is 0. The number of nitrogens with one attached hydrogen (secondary N) is 2. The molecule has 0 radical (unpaired) electrons. The van der Waals surface area contributed by atoms with Gasteiger partial charge in [0.25, 0.3) is 11.5 Å². The number of amides is 2. The minimum atomic E-state index is -0.471. The number of carbonyl (C=O) groups excluding carboxylic acids is 3. The number of anilines is 2. The van der Waals surface area contributed by atoms with Crippen LogP contribution in [0.4, 0.5) is 10.8 Å². The van der Waals surface area contributed by atoms with E-state index in [4.69, 9.17) is 4.74 Å². The molecule has 0 aliphatic heterocycles. The predicted octanol–water partition coefficient (Wildman–Crippen LogP) is 3.84. The third-order valence-corrected chi connectivity index (χ3v) is 7.50. The highest BCUT2D eigenvalue weighted by molar-refractivity contribution is 7.20. The number of carbonyl (C=O) groups is 3. The molecule has 0 bridgehead atoms. The maximum absolute atomic E-state index is 13.2. The Kier molecular flexibility index (Phi) is 7.79. The van der Waals surface area contributed by atoms with E-state index in [-0.39, 0.29) is 25.5 Å². The molecule has 2 N–H and O–H groups in total. The molecule has 0 atom stereocenters. The molecule has 0 saturated heterocycles. The van der Waals surface area contributed by atoms with Crippen molar-refractivity contribution in [1.29, 1.82) is 0 Å².